The number of halogens is 2. The Labute approximate surface area is 141 Å². The Morgan fingerprint density at radius 2 is 1.86 bits per heavy atom. The molecule has 2 nitrogen and oxygen atoms in total. The molecule has 0 radical (unpaired) electrons. The second kappa shape index (κ2) is 7.36. The predicted molar refractivity (Wildman–Crippen MR) is 91.8 cm³/mol. The zero-order valence-electron chi connectivity index (χ0n) is 12.3. The molecule has 0 bridgehead atoms. The molecule has 1 aliphatic heterocycles. The van der Waals surface area contributed by atoms with Crippen LogP contribution in [-0.4, -0.2) is 24.1 Å². The molecule has 1 saturated heterocycles. The van der Waals surface area contributed by atoms with Gasteiger partial charge >= 0.3 is 0 Å². The van der Waals surface area contributed by atoms with E-state index >= 15 is 0 Å². The van der Waals surface area contributed by atoms with E-state index in [1.807, 2.05) is 6.07 Å². The molecule has 1 fully saturated rings. The number of hydrogen-bond donors (Lipinski definition) is 0. The fraction of sp³-hybridized carbons (Fsp3) is 0.333. The van der Waals surface area contributed by atoms with E-state index in [0.29, 0.717) is 10.0 Å². The van der Waals surface area contributed by atoms with E-state index < -0.39 is 0 Å². The molecule has 2 aromatic carbocycles. The summed E-state index contributed by atoms with van der Waals surface area (Å²) in [5.74, 6) is 0.793. The maximum absolute atomic E-state index is 6.07. The van der Waals surface area contributed by atoms with Crippen molar-refractivity contribution in [2.24, 2.45) is 0 Å². The Balaban J connectivity index is 1.59. The van der Waals surface area contributed by atoms with Crippen LogP contribution < -0.4 is 4.74 Å². The average molecular weight is 336 g/mol. The topological polar surface area (TPSA) is 12.5 Å². The van der Waals surface area contributed by atoms with Crippen LogP contribution in [0.4, 0.5) is 0 Å². The van der Waals surface area contributed by atoms with Crippen LogP contribution in [0.25, 0.3) is 0 Å². The standard InChI is InChI=1S/C18H19Cl2NO/c19-17-9-8-15(11-18(17)20)22-16-7-4-10-21(13-16)12-14-5-2-1-3-6-14/h1-3,5-6,8-9,11,16H,4,7,10,12-13H2. The molecule has 0 N–H and O–H groups in total. The molecule has 116 valence electrons. The van der Waals surface area contributed by atoms with Gasteiger partial charge in [0.2, 0.25) is 0 Å². The van der Waals surface area contributed by atoms with Gasteiger partial charge in [-0.05, 0) is 37.1 Å². The normalized spacial score (nSPS) is 19.1. The molecule has 0 spiro atoms. The van der Waals surface area contributed by atoms with Gasteiger partial charge in [-0.1, -0.05) is 53.5 Å². The van der Waals surface area contributed by atoms with Gasteiger partial charge in [0, 0.05) is 19.2 Å². The third-order valence-electron chi connectivity index (χ3n) is 3.91. The van der Waals surface area contributed by atoms with Gasteiger partial charge in [-0.2, -0.15) is 0 Å². The summed E-state index contributed by atoms with van der Waals surface area (Å²) in [5, 5.41) is 1.10. The highest BCUT2D eigenvalue weighted by atomic mass is 35.5. The number of nitrogens with zero attached hydrogens (tertiary/aromatic N) is 1. The van der Waals surface area contributed by atoms with Crippen LogP contribution in [0.2, 0.25) is 10.0 Å². The number of likely N-dealkylation sites (tertiary alicyclic amines) is 1. The molecular formula is C18H19Cl2NO. The van der Waals surface area contributed by atoms with Crippen molar-refractivity contribution in [1.82, 2.24) is 4.90 Å². The Kier molecular flexibility index (Phi) is 5.24. The summed E-state index contributed by atoms with van der Waals surface area (Å²) >= 11 is 12.0. The van der Waals surface area contributed by atoms with Crippen molar-refractivity contribution in [3.8, 4) is 5.75 Å². The quantitative estimate of drug-likeness (QED) is 0.776. The Hall–Kier alpha value is -1.22. The lowest BCUT2D eigenvalue weighted by atomic mass is 10.1. The first-order valence-electron chi connectivity index (χ1n) is 7.59. The van der Waals surface area contributed by atoms with Gasteiger partial charge in [-0.3, -0.25) is 4.90 Å². The summed E-state index contributed by atoms with van der Waals surface area (Å²) in [4.78, 5) is 2.45. The van der Waals surface area contributed by atoms with Crippen LogP contribution in [0.3, 0.4) is 0 Å². The lowest BCUT2D eigenvalue weighted by molar-refractivity contribution is 0.0843. The first kappa shape index (κ1) is 15.7. The minimum absolute atomic E-state index is 0.203. The molecule has 1 heterocycles. The zero-order valence-corrected chi connectivity index (χ0v) is 13.9. The van der Waals surface area contributed by atoms with Crippen LogP contribution in [0.5, 0.6) is 5.75 Å². The van der Waals surface area contributed by atoms with E-state index in [2.05, 4.69) is 35.2 Å². The van der Waals surface area contributed by atoms with Crippen molar-refractivity contribution in [1.29, 1.82) is 0 Å². The monoisotopic (exact) mass is 335 g/mol. The minimum Gasteiger partial charge on any atom is -0.489 e. The van der Waals surface area contributed by atoms with Crippen molar-refractivity contribution < 1.29 is 4.74 Å². The third kappa shape index (κ3) is 4.16. The molecule has 0 saturated carbocycles. The van der Waals surface area contributed by atoms with Crippen LogP contribution >= 0.6 is 23.2 Å². The second-order valence-electron chi connectivity index (χ2n) is 5.68. The smallest absolute Gasteiger partial charge is 0.121 e. The molecule has 1 atom stereocenters. The van der Waals surface area contributed by atoms with Gasteiger partial charge in [0.05, 0.1) is 10.0 Å². The summed E-state index contributed by atoms with van der Waals surface area (Å²) in [6, 6.07) is 16.0. The van der Waals surface area contributed by atoms with E-state index in [4.69, 9.17) is 27.9 Å². The molecule has 0 aromatic heterocycles. The number of ether oxygens (including phenoxy) is 1. The van der Waals surface area contributed by atoms with Gasteiger partial charge in [-0.25, -0.2) is 0 Å². The van der Waals surface area contributed by atoms with Gasteiger partial charge < -0.3 is 4.74 Å². The van der Waals surface area contributed by atoms with Gasteiger partial charge in [0.25, 0.3) is 0 Å². The number of rotatable bonds is 4. The molecule has 1 unspecified atom stereocenters. The summed E-state index contributed by atoms with van der Waals surface area (Å²) in [6.07, 6.45) is 2.43. The molecule has 2 aromatic rings. The second-order valence-corrected chi connectivity index (χ2v) is 6.49. The molecule has 1 aliphatic rings. The fourth-order valence-corrected chi connectivity index (χ4v) is 3.13. The maximum atomic E-state index is 6.07. The predicted octanol–water partition coefficient (Wildman–Crippen LogP) is 5.04. The van der Waals surface area contributed by atoms with Crippen molar-refractivity contribution in [2.75, 3.05) is 13.1 Å². The van der Waals surface area contributed by atoms with E-state index in [1.165, 1.54) is 5.56 Å². The van der Waals surface area contributed by atoms with Crippen LogP contribution in [0, 0.1) is 0 Å². The molecular weight excluding hydrogens is 317 g/mol. The van der Waals surface area contributed by atoms with E-state index in [-0.39, 0.29) is 6.10 Å². The number of hydrogen-bond acceptors (Lipinski definition) is 2. The third-order valence-corrected chi connectivity index (χ3v) is 4.64. The molecule has 4 heteroatoms. The van der Waals surface area contributed by atoms with Gasteiger partial charge in [0.1, 0.15) is 11.9 Å². The molecule has 22 heavy (non-hydrogen) atoms. The van der Waals surface area contributed by atoms with Crippen LogP contribution in [0.15, 0.2) is 48.5 Å². The van der Waals surface area contributed by atoms with Crippen LogP contribution in [-0.2, 0) is 6.54 Å². The Bertz CT molecular complexity index is 618. The zero-order chi connectivity index (χ0) is 15.4. The SMILES string of the molecule is Clc1ccc(OC2CCCN(Cc3ccccc3)C2)cc1Cl. The van der Waals surface area contributed by atoms with Crippen molar-refractivity contribution in [3.05, 3.63) is 64.1 Å². The van der Waals surface area contributed by atoms with Crippen molar-refractivity contribution in [2.45, 2.75) is 25.5 Å². The summed E-state index contributed by atoms with van der Waals surface area (Å²) in [6.45, 7) is 3.04. The molecule has 3 rings (SSSR count). The first-order valence-corrected chi connectivity index (χ1v) is 8.34. The van der Waals surface area contributed by atoms with Crippen LogP contribution in [0.1, 0.15) is 18.4 Å². The van der Waals surface area contributed by atoms with E-state index in [9.17, 15) is 0 Å². The Morgan fingerprint density at radius 3 is 2.64 bits per heavy atom. The lowest BCUT2D eigenvalue weighted by Crippen LogP contribution is -2.40. The van der Waals surface area contributed by atoms with E-state index in [0.717, 1.165) is 38.2 Å². The summed E-state index contributed by atoms with van der Waals surface area (Å²) in [7, 11) is 0. The highest BCUT2D eigenvalue weighted by molar-refractivity contribution is 6.42. The molecule has 0 aliphatic carbocycles. The van der Waals surface area contributed by atoms with Gasteiger partial charge in [-0.15, -0.1) is 0 Å². The lowest BCUT2D eigenvalue weighted by Gasteiger charge is -2.33. The number of benzene rings is 2. The highest BCUT2D eigenvalue weighted by Crippen LogP contribution is 2.28. The average Bonchev–Trinajstić information content (AvgIpc) is 2.52. The van der Waals surface area contributed by atoms with Gasteiger partial charge in [0.15, 0.2) is 0 Å². The summed E-state index contributed by atoms with van der Waals surface area (Å²) in [5.41, 5.74) is 1.35. The Morgan fingerprint density at radius 1 is 1.05 bits per heavy atom. The fourth-order valence-electron chi connectivity index (χ4n) is 2.84. The summed E-state index contributed by atoms with van der Waals surface area (Å²) < 4.78 is 6.07. The maximum Gasteiger partial charge on any atom is 0.121 e. The van der Waals surface area contributed by atoms with Crippen molar-refractivity contribution in [3.63, 3.8) is 0 Å². The van der Waals surface area contributed by atoms with Crippen molar-refractivity contribution >= 4 is 23.2 Å². The first-order chi connectivity index (χ1) is 10.7. The molecule has 0 amide bonds. The number of piperidine rings is 1. The highest BCUT2D eigenvalue weighted by Gasteiger charge is 2.21. The largest absolute Gasteiger partial charge is 0.489 e. The minimum atomic E-state index is 0.203. The van der Waals surface area contributed by atoms with E-state index in [1.54, 1.807) is 12.1 Å².